The molecular weight excluding hydrogens is 181 g/mol. The van der Waals surface area contributed by atoms with E-state index in [1.807, 2.05) is 13.8 Å². The van der Waals surface area contributed by atoms with E-state index in [9.17, 15) is 4.39 Å². The van der Waals surface area contributed by atoms with Crippen molar-refractivity contribution in [3.63, 3.8) is 0 Å². The maximum absolute atomic E-state index is 13.7. The molecule has 4 heteroatoms. The maximum atomic E-state index is 13.7. The number of hydrogen-bond donors (Lipinski definition) is 1. The number of aromatic nitrogens is 2. The molecule has 1 aliphatic rings. The van der Waals surface area contributed by atoms with E-state index in [4.69, 9.17) is 0 Å². The van der Waals surface area contributed by atoms with Gasteiger partial charge in [0.25, 0.3) is 0 Å². The molecule has 0 saturated heterocycles. The second-order valence-electron chi connectivity index (χ2n) is 3.99. The Morgan fingerprint density at radius 3 is 2.71 bits per heavy atom. The van der Waals surface area contributed by atoms with E-state index in [1.165, 1.54) is 6.33 Å². The zero-order valence-electron chi connectivity index (χ0n) is 8.42. The van der Waals surface area contributed by atoms with Crippen molar-refractivity contribution in [3.8, 4) is 0 Å². The first kappa shape index (κ1) is 9.37. The normalized spacial score (nSPS) is 16.0. The molecule has 0 spiro atoms. The van der Waals surface area contributed by atoms with Crippen molar-refractivity contribution in [2.45, 2.75) is 38.6 Å². The summed E-state index contributed by atoms with van der Waals surface area (Å²) in [4.78, 5) is 7.87. The lowest BCUT2D eigenvalue weighted by Crippen LogP contribution is -2.13. The molecule has 2 rings (SSSR count). The van der Waals surface area contributed by atoms with E-state index >= 15 is 0 Å². The summed E-state index contributed by atoms with van der Waals surface area (Å²) in [7, 11) is 0. The van der Waals surface area contributed by atoms with Crippen LogP contribution in [0.3, 0.4) is 0 Å². The summed E-state index contributed by atoms with van der Waals surface area (Å²) in [6, 6.07) is 0.187. The van der Waals surface area contributed by atoms with Gasteiger partial charge in [-0.25, -0.2) is 14.4 Å². The lowest BCUT2D eigenvalue weighted by Gasteiger charge is -2.10. The second kappa shape index (κ2) is 3.52. The van der Waals surface area contributed by atoms with E-state index in [1.54, 1.807) is 0 Å². The zero-order chi connectivity index (χ0) is 10.1. The van der Waals surface area contributed by atoms with Crippen molar-refractivity contribution in [1.82, 2.24) is 9.97 Å². The third kappa shape index (κ3) is 1.84. The first-order chi connectivity index (χ1) is 6.68. The van der Waals surface area contributed by atoms with E-state index in [0.29, 0.717) is 17.4 Å². The number of anilines is 1. The summed E-state index contributed by atoms with van der Waals surface area (Å²) in [6.07, 6.45) is 3.53. The quantitative estimate of drug-likeness (QED) is 0.804. The molecule has 1 aliphatic carbocycles. The Hall–Kier alpha value is -1.19. The van der Waals surface area contributed by atoms with Crippen LogP contribution in [0, 0.1) is 5.82 Å². The first-order valence-electron chi connectivity index (χ1n) is 4.95. The average Bonchev–Trinajstić information content (AvgIpc) is 2.91. The molecule has 1 saturated carbocycles. The number of nitrogens with one attached hydrogen (secondary N) is 1. The highest BCUT2D eigenvalue weighted by Gasteiger charge is 2.29. The first-order valence-corrected chi connectivity index (χ1v) is 4.95. The Labute approximate surface area is 82.8 Å². The Morgan fingerprint density at radius 1 is 1.43 bits per heavy atom. The van der Waals surface area contributed by atoms with Crippen molar-refractivity contribution < 1.29 is 4.39 Å². The minimum atomic E-state index is -0.274. The third-order valence-corrected chi connectivity index (χ3v) is 2.21. The third-order valence-electron chi connectivity index (χ3n) is 2.21. The van der Waals surface area contributed by atoms with Crippen molar-refractivity contribution in [2.75, 3.05) is 5.32 Å². The highest BCUT2D eigenvalue weighted by molar-refractivity contribution is 5.39. The summed E-state index contributed by atoms with van der Waals surface area (Å²) < 4.78 is 13.7. The molecule has 1 heterocycles. The summed E-state index contributed by atoms with van der Waals surface area (Å²) >= 11 is 0. The molecule has 0 atom stereocenters. The van der Waals surface area contributed by atoms with E-state index in [2.05, 4.69) is 15.3 Å². The minimum Gasteiger partial charge on any atom is -0.365 e. The molecule has 0 amide bonds. The molecule has 1 fully saturated rings. The highest BCUT2D eigenvalue weighted by Crippen LogP contribution is 2.40. The molecule has 1 aromatic rings. The lowest BCUT2D eigenvalue weighted by molar-refractivity contribution is 0.592. The SMILES string of the molecule is CC(C)Nc1ncnc(C2CC2)c1F. The van der Waals surface area contributed by atoms with Crippen LogP contribution in [0.25, 0.3) is 0 Å². The van der Waals surface area contributed by atoms with Gasteiger partial charge in [-0.15, -0.1) is 0 Å². The monoisotopic (exact) mass is 195 g/mol. The summed E-state index contributed by atoms with van der Waals surface area (Å²) in [5.74, 6) is 0.381. The smallest absolute Gasteiger partial charge is 0.187 e. The van der Waals surface area contributed by atoms with Crippen LogP contribution in [-0.2, 0) is 0 Å². The summed E-state index contributed by atoms with van der Waals surface area (Å²) in [5, 5.41) is 2.97. The van der Waals surface area contributed by atoms with E-state index in [0.717, 1.165) is 12.8 Å². The average molecular weight is 195 g/mol. The molecule has 3 nitrogen and oxygen atoms in total. The highest BCUT2D eigenvalue weighted by atomic mass is 19.1. The second-order valence-corrected chi connectivity index (χ2v) is 3.99. The Balaban J connectivity index is 2.26. The van der Waals surface area contributed by atoms with Gasteiger partial charge in [0.1, 0.15) is 6.33 Å². The summed E-state index contributed by atoms with van der Waals surface area (Å²) in [5.41, 5.74) is 0.572. The van der Waals surface area contributed by atoms with Gasteiger partial charge >= 0.3 is 0 Å². The van der Waals surface area contributed by atoms with Gasteiger partial charge in [0.05, 0.1) is 5.69 Å². The van der Waals surface area contributed by atoms with Gasteiger partial charge in [0, 0.05) is 12.0 Å². The van der Waals surface area contributed by atoms with Gasteiger partial charge in [-0.2, -0.15) is 0 Å². The van der Waals surface area contributed by atoms with Gasteiger partial charge in [0.15, 0.2) is 11.6 Å². The number of nitrogens with zero attached hydrogens (tertiary/aromatic N) is 2. The van der Waals surface area contributed by atoms with Crippen LogP contribution in [0.4, 0.5) is 10.2 Å². The predicted molar refractivity (Wildman–Crippen MR) is 52.7 cm³/mol. The Kier molecular flexibility index (Phi) is 2.35. The zero-order valence-corrected chi connectivity index (χ0v) is 8.42. The minimum absolute atomic E-state index is 0.187. The van der Waals surface area contributed by atoms with Gasteiger partial charge in [0.2, 0.25) is 0 Å². The molecule has 1 aromatic heterocycles. The van der Waals surface area contributed by atoms with Gasteiger partial charge < -0.3 is 5.32 Å². The van der Waals surface area contributed by atoms with Gasteiger partial charge in [-0.3, -0.25) is 0 Å². The molecule has 14 heavy (non-hydrogen) atoms. The number of halogens is 1. The van der Waals surface area contributed by atoms with Crippen molar-refractivity contribution in [1.29, 1.82) is 0 Å². The number of hydrogen-bond acceptors (Lipinski definition) is 3. The van der Waals surface area contributed by atoms with Gasteiger partial charge in [-0.1, -0.05) is 0 Å². The van der Waals surface area contributed by atoms with E-state index in [-0.39, 0.29) is 11.9 Å². The maximum Gasteiger partial charge on any atom is 0.187 e. The van der Waals surface area contributed by atoms with Crippen LogP contribution < -0.4 is 5.32 Å². The van der Waals surface area contributed by atoms with Crippen LogP contribution in [0.15, 0.2) is 6.33 Å². The molecular formula is C10H14FN3. The topological polar surface area (TPSA) is 37.8 Å². The van der Waals surface area contributed by atoms with Crippen LogP contribution >= 0.6 is 0 Å². The lowest BCUT2D eigenvalue weighted by atomic mass is 10.2. The predicted octanol–water partition coefficient (Wildman–Crippen LogP) is 2.31. The molecule has 0 aromatic carbocycles. The molecule has 1 N–H and O–H groups in total. The van der Waals surface area contributed by atoms with Crippen molar-refractivity contribution >= 4 is 5.82 Å². The standard InChI is InChI=1S/C10H14FN3/c1-6(2)14-10-8(11)9(7-3-4-7)12-5-13-10/h5-7H,3-4H2,1-2H3,(H,12,13,14). The van der Waals surface area contributed by atoms with Crippen molar-refractivity contribution in [3.05, 3.63) is 17.8 Å². The van der Waals surface area contributed by atoms with Crippen LogP contribution in [0.5, 0.6) is 0 Å². The van der Waals surface area contributed by atoms with Crippen LogP contribution in [-0.4, -0.2) is 16.0 Å². The largest absolute Gasteiger partial charge is 0.365 e. The molecule has 0 radical (unpaired) electrons. The fourth-order valence-corrected chi connectivity index (χ4v) is 1.40. The molecule has 0 aliphatic heterocycles. The Morgan fingerprint density at radius 2 is 2.14 bits per heavy atom. The molecule has 0 unspecified atom stereocenters. The summed E-state index contributed by atoms with van der Waals surface area (Å²) in [6.45, 7) is 3.91. The fraction of sp³-hybridized carbons (Fsp3) is 0.600. The van der Waals surface area contributed by atoms with Crippen molar-refractivity contribution in [2.24, 2.45) is 0 Å². The van der Waals surface area contributed by atoms with Crippen LogP contribution in [0.2, 0.25) is 0 Å². The van der Waals surface area contributed by atoms with Crippen LogP contribution in [0.1, 0.15) is 38.3 Å². The molecule has 0 bridgehead atoms. The number of rotatable bonds is 3. The molecule has 76 valence electrons. The fourth-order valence-electron chi connectivity index (χ4n) is 1.40. The van der Waals surface area contributed by atoms with Gasteiger partial charge in [-0.05, 0) is 26.7 Å². The Bertz CT molecular complexity index is 334. The van der Waals surface area contributed by atoms with E-state index < -0.39 is 0 Å².